The Balaban J connectivity index is 1.58. The maximum Gasteiger partial charge on any atom is 0.277 e. The van der Waals surface area contributed by atoms with E-state index < -0.39 is 0 Å². The predicted octanol–water partition coefficient (Wildman–Crippen LogP) is 4.05. The number of benzene rings is 1. The fourth-order valence-corrected chi connectivity index (χ4v) is 5.58. The van der Waals surface area contributed by atoms with Gasteiger partial charge in [0, 0.05) is 18.6 Å². The van der Waals surface area contributed by atoms with E-state index in [-0.39, 0.29) is 17.5 Å². The number of rotatable bonds is 6. The fraction of sp³-hybridized carbons (Fsp3) is 0.417. The van der Waals surface area contributed by atoms with Gasteiger partial charge in [-0.05, 0) is 70.0 Å². The van der Waals surface area contributed by atoms with Crippen molar-refractivity contribution >= 4 is 28.8 Å². The summed E-state index contributed by atoms with van der Waals surface area (Å²) >= 11 is 7.49. The highest BCUT2D eigenvalue weighted by Gasteiger charge is 2.26. The minimum absolute atomic E-state index is 0.0558. The topological polar surface area (TPSA) is 80.1 Å². The van der Waals surface area contributed by atoms with Crippen LogP contribution < -0.4 is 10.9 Å². The van der Waals surface area contributed by atoms with E-state index >= 15 is 0 Å². The van der Waals surface area contributed by atoms with Crippen LogP contribution in [0.5, 0.6) is 0 Å². The molecule has 1 unspecified atom stereocenters. The third kappa shape index (κ3) is 4.88. The Bertz CT molecular complexity index is 1250. The van der Waals surface area contributed by atoms with Crippen molar-refractivity contribution in [3.05, 3.63) is 67.0 Å². The minimum Gasteiger partial charge on any atom is -0.349 e. The first kappa shape index (κ1) is 23.6. The number of aryl methyl sites for hydroxylation is 3. The molecule has 1 aromatic carbocycles. The Labute approximate surface area is 202 Å². The smallest absolute Gasteiger partial charge is 0.277 e. The Morgan fingerprint density at radius 2 is 1.94 bits per heavy atom. The van der Waals surface area contributed by atoms with Crippen molar-refractivity contribution in [1.29, 1.82) is 0 Å². The molecular weight excluding hydrogens is 458 g/mol. The molecule has 33 heavy (non-hydrogen) atoms. The monoisotopic (exact) mass is 485 g/mol. The maximum atomic E-state index is 13.2. The van der Waals surface area contributed by atoms with Gasteiger partial charge in [0.05, 0.1) is 23.0 Å². The summed E-state index contributed by atoms with van der Waals surface area (Å²) in [6.07, 6.45) is 2.31. The lowest BCUT2D eigenvalue weighted by atomic mass is 10.1. The number of halogens is 1. The van der Waals surface area contributed by atoms with Gasteiger partial charge in [-0.15, -0.1) is 11.3 Å². The number of carbonyl (C=O) groups is 1. The molecule has 1 aliphatic heterocycles. The Morgan fingerprint density at radius 1 is 1.21 bits per heavy atom. The van der Waals surface area contributed by atoms with Gasteiger partial charge in [-0.25, -0.2) is 9.67 Å². The van der Waals surface area contributed by atoms with Crippen molar-refractivity contribution in [2.24, 2.45) is 7.05 Å². The summed E-state index contributed by atoms with van der Waals surface area (Å²) in [7, 11) is 1.63. The lowest BCUT2D eigenvalue weighted by Gasteiger charge is -2.28. The van der Waals surface area contributed by atoms with Crippen LogP contribution in [0.3, 0.4) is 0 Å². The molecule has 2 aromatic heterocycles. The third-order valence-corrected chi connectivity index (χ3v) is 7.62. The molecule has 4 rings (SSSR count). The maximum absolute atomic E-state index is 13.2. The molecule has 1 aliphatic rings. The van der Waals surface area contributed by atoms with Crippen LogP contribution in [-0.4, -0.2) is 45.2 Å². The number of nitrogens with zero attached hydrogens (tertiary/aromatic N) is 4. The highest BCUT2D eigenvalue weighted by atomic mass is 35.5. The molecule has 7 nitrogen and oxygen atoms in total. The second-order valence-electron chi connectivity index (χ2n) is 8.47. The van der Waals surface area contributed by atoms with Crippen LogP contribution in [0.2, 0.25) is 5.02 Å². The molecule has 1 N–H and O–H groups in total. The van der Waals surface area contributed by atoms with E-state index in [1.54, 1.807) is 14.0 Å². The number of carbonyl (C=O) groups excluding carboxylic acids is 1. The first-order valence-corrected chi connectivity index (χ1v) is 12.3. The second kappa shape index (κ2) is 9.75. The molecule has 174 valence electrons. The molecule has 1 fully saturated rings. The van der Waals surface area contributed by atoms with Crippen LogP contribution in [0.25, 0.3) is 10.6 Å². The standard InChI is InChI=1S/C24H28ClN5O2S/c1-14-15(2)28-29(4)24(32)20(14)23-27-16(3)21(33-23)22(31)26-13-19(30-10-5-6-11-30)17-8-7-9-18(25)12-17/h7-9,12,19H,5-6,10-11,13H2,1-4H3,(H,26,31). The van der Waals surface area contributed by atoms with Crippen molar-refractivity contribution < 1.29 is 4.79 Å². The molecule has 0 bridgehead atoms. The number of hydrogen-bond donors (Lipinski definition) is 1. The van der Waals surface area contributed by atoms with Crippen molar-refractivity contribution in [2.45, 2.75) is 39.7 Å². The Morgan fingerprint density at radius 3 is 2.64 bits per heavy atom. The normalized spacial score (nSPS) is 15.1. The van der Waals surface area contributed by atoms with Gasteiger partial charge in [0.15, 0.2) is 0 Å². The van der Waals surface area contributed by atoms with Gasteiger partial charge < -0.3 is 5.32 Å². The first-order valence-electron chi connectivity index (χ1n) is 11.1. The van der Waals surface area contributed by atoms with Gasteiger partial charge in [0.2, 0.25) is 0 Å². The predicted molar refractivity (Wildman–Crippen MR) is 132 cm³/mol. The summed E-state index contributed by atoms with van der Waals surface area (Å²) in [4.78, 5) is 33.4. The average molecular weight is 486 g/mol. The zero-order valence-electron chi connectivity index (χ0n) is 19.3. The summed E-state index contributed by atoms with van der Waals surface area (Å²) in [5.74, 6) is -0.178. The van der Waals surface area contributed by atoms with Gasteiger partial charge in [0.25, 0.3) is 11.5 Å². The zero-order valence-corrected chi connectivity index (χ0v) is 20.9. The van der Waals surface area contributed by atoms with E-state index in [1.165, 1.54) is 16.0 Å². The number of thiazole rings is 1. The second-order valence-corrected chi connectivity index (χ2v) is 9.91. The number of hydrogen-bond acceptors (Lipinski definition) is 6. The highest BCUT2D eigenvalue weighted by molar-refractivity contribution is 7.17. The van der Waals surface area contributed by atoms with Crippen LogP contribution in [-0.2, 0) is 7.05 Å². The van der Waals surface area contributed by atoms with Gasteiger partial charge in [-0.2, -0.15) is 5.10 Å². The third-order valence-electron chi connectivity index (χ3n) is 6.21. The highest BCUT2D eigenvalue weighted by Crippen LogP contribution is 2.30. The summed E-state index contributed by atoms with van der Waals surface area (Å²) in [5.41, 5.74) is 3.55. The van der Waals surface area contributed by atoms with E-state index in [1.807, 2.05) is 32.0 Å². The van der Waals surface area contributed by atoms with Crippen LogP contribution >= 0.6 is 22.9 Å². The van der Waals surface area contributed by atoms with E-state index in [0.717, 1.165) is 42.8 Å². The van der Waals surface area contributed by atoms with Gasteiger partial charge in [-0.1, -0.05) is 23.7 Å². The molecule has 3 aromatic rings. The lowest BCUT2D eigenvalue weighted by molar-refractivity contribution is 0.0941. The molecule has 1 atom stereocenters. The Hall–Kier alpha value is -2.55. The molecule has 1 saturated heterocycles. The molecule has 0 saturated carbocycles. The molecule has 9 heteroatoms. The molecule has 0 spiro atoms. The lowest BCUT2D eigenvalue weighted by Crippen LogP contribution is -2.36. The van der Waals surface area contributed by atoms with Gasteiger partial charge >= 0.3 is 0 Å². The van der Waals surface area contributed by atoms with E-state index in [0.29, 0.717) is 32.7 Å². The molecular formula is C24H28ClN5O2S. The summed E-state index contributed by atoms with van der Waals surface area (Å²) in [6, 6.07) is 7.89. The SMILES string of the molecule is Cc1nc(-c2c(C)c(C)nn(C)c2=O)sc1C(=O)NCC(c1cccc(Cl)c1)N1CCCC1. The van der Waals surface area contributed by atoms with Gasteiger partial charge in [0.1, 0.15) is 9.88 Å². The number of aromatic nitrogens is 3. The Kier molecular flexibility index (Phi) is 6.97. The van der Waals surface area contributed by atoms with E-state index in [2.05, 4.69) is 26.4 Å². The summed E-state index contributed by atoms with van der Waals surface area (Å²) in [6.45, 7) is 8.00. The van der Waals surface area contributed by atoms with Crippen molar-refractivity contribution in [3.63, 3.8) is 0 Å². The summed E-state index contributed by atoms with van der Waals surface area (Å²) < 4.78 is 1.32. The van der Waals surface area contributed by atoms with Crippen molar-refractivity contribution in [3.8, 4) is 10.6 Å². The molecule has 0 radical (unpaired) electrons. The van der Waals surface area contributed by atoms with Crippen LogP contribution in [0.4, 0.5) is 0 Å². The average Bonchev–Trinajstić information content (AvgIpc) is 3.43. The number of nitrogens with one attached hydrogen (secondary N) is 1. The molecule has 3 heterocycles. The van der Waals surface area contributed by atoms with Crippen molar-refractivity contribution in [1.82, 2.24) is 25.0 Å². The van der Waals surface area contributed by atoms with Crippen LogP contribution in [0.15, 0.2) is 29.1 Å². The largest absolute Gasteiger partial charge is 0.349 e. The quantitative estimate of drug-likeness (QED) is 0.569. The van der Waals surface area contributed by atoms with Crippen LogP contribution in [0, 0.1) is 20.8 Å². The van der Waals surface area contributed by atoms with Crippen molar-refractivity contribution in [2.75, 3.05) is 19.6 Å². The first-order chi connectivity index (χ1) is 15.8. The minimum atomic E-state index is -0.214. The number of likely N-dealkylation sites (tertiary alicyclic amines) is 1. The summed E-state index contributed by atoms with van der Waals surface area (Å²) in [5, 5.41) is 8.57. The fourth-order valence-electron chi connectivity index (χ4n) is 4.31. The number of amides is 1. The van der Waals surface area contributed by atoms with E-state index in [9.17, 15) is 9.59 Å². The van der Waals surface area contributed by atoms with Gasteiger partial charge in [-0.3, -0.25) is 14.5 Å². The molecule has 1 amide bonds. The zero-order chi connectivity index (χ0) is 23.7. The van der Waals surface area contributed by atoms with E-state index in [4.69, 9.17) is 11.6 Å². The van der Waals surface area contributed by atoms with Crippen LogP contribution in [0.1, 0.15) is 51.1 Å². The molecule has 0 aliphatic carbocycles.